The van der Waals surface area contributed by atoms with Crippen LogP contribution in [0.2, 0.25) is 0 Å². The fourth-order valence-corrected chi connectivity index (χ4v) is 3.26. The van der Waals surface area contributed by atoms with Crippen molar-refractivity contribution >= 4 is 16.9 Å². The third-order valence-electron chi connectivity index (χ3n) is 4.44. The summed E-state index contributed by atoms with van der Waals surface area (Å²) < 4.78 is 7.09. The Balaban J connectivity index is 1.67. The van der Waals surface area contributed by atoms with Crippen molar-refractivity contribution in [2.45, 2.75) is 25.8 Å². The molecule has 1 amide bonds. The van der Waals surface area contributed by atoms with Gasteiger partial charge in [-0.05, 0) is 38.0 Å². The van der Waals surface area contributed by atoms with Crippen molar-refractivity contribution in [1.29, 1.82) is 0 Å². The summed E-state index contributed by atoms with van der Waals surface area (Å²) >= 11 is 0. The van der Waals surface area contributed by atoms with Crippen molar-refractivity contribution in [2.24, 2.45) is 7.05 Å². The summed E-state index contributed by atoms with van der Waals surface area (Å²) in [6.07, 6.45) is 3.82. The minimum Gasteiger partial charge on any atom is -0.361 e. The Morgan fingerprint density at radius 2 is 2.22 bits per heavy atom. The molecule has 6 heteroatoms. The average Bonchev–Trinajstić information content (AvgIpc) is 3.26. The Labute approximate surface area is 133 Å². The second-order valence-electron chi connectivity index (χ2n) is 6.05. The number of fused-ring (bicyclic) bond motifs is 1. The van der Waals surface area contributed by atoms with Gasteiger partial charge in [-0.15, -0.1) is 0 Å². The van der Waals surface area contributed by atoms with E-state index in [2.05, 4.69) is 10.1 Å². The van der Waals surface area contributed by atoms with E-state index in [1.807, 2.05) is 47.8 Å². The molecule has 1 aliphatic rings. The molecule has 1 unspecified atom stereocenters. The van der Waals surface area contributed by atoms with Gasteiger partial charge in [-0.1, -0.05) is 5.16 Å². The number of aryl methyl sites for hydroxylation is 2. The van der Waals surface area contributed by atoms with Crippen molar-refractivity contribution in [1.82, 2.24) is 19.6 Å². The third-order valence-corrected chi connectivity index (χ3v) is 4.44. The van der Waals surface area contributed by atoms with Gasteiger partial charge in [0.1, 0.15) is 22.8 Å². The summed E-state index contributed by atoms with van der Waals surface area (Å²) in [5.74, 6) is 0.721. The summed E-state index contributed by atoms with van der Waals surface area (Å²) in [6, 6.07) is 7.62. The Kier molecular flexibility index (Phi) is 3.18. The molecule has 0 N–H and O–H groups in total. The molecule has 4 rings (SSSR count). The smallest absolute Gasteiger partial charge is 0.273 e. The Bertz CT molecular complexity index is 880. The summed E-state index contributed by atoms with van der Waals surface area (Å²) in [5.41, 5.74) is 2.13. The van der Waals surface area contributed by atoms with E-state index in [9.17, 15) is 4.79 Å². The van der Waals surface area contributed by atoms with Gasteiger partial charge in [0, 0.05) is 31.2 Å². The Hall–Kier alpha value is -2.63. The Morgan fingerprint density at radius 3 is 3.00 bits per heavy atom. The lowest BCUT2D eigenvalue weighted by Gasteiger charge is -2.22. The largest absolute Gasteiger partial charge is 0.361 e. The fourth-order valence-electron chi connectivity index (χ4n) is 3.26. The van der Waals surface area contributed by atoms with E-state index in [4.69, 9.17) is 4.52 Å². The van der Waals surface area contributed by atoms with Gasteiger partial charge in [-0.3, -0.25) is 4.79 Å². The third kappa shape index (κ3) is 2.30. The quantitative estimate of drug-likeness (QED) is 0.730. The van der Waals surface area contributed by atoms with Crippen LogP contribution in [-0.2, 0) is 7.05 Å². The van der Waals surface area contributed by atoms with Gasteiger partial charge in [0.05, 0.1) is 6.04 Å². The number of hydrogen-bond acceptors (Lipinski definition) is 4. The molecule has 3 aromatic rings. The lowest BCUT2D eigenvalue weighted by Crippen LogP contribution is -2.31. The van der Waals surface area contributed by atoms with E-state index >= 15 is 0 Å². The maximum atomic E-state index is 12.9. The highest BCUT2D eigenvalue weighted by Crippen LogP contribution is 2.32. The first-order chi connectivity index (χ1) is 11.1. The monoisotopic (exact) mass is 310 g/mol. The number of carbonyl (C=O) groups excluding carboxylic acids is 1. The molecule has 1 saturated heterocycles. The molecule has 0 radical (unpaired) electrons. The van der Waals surface area contributed by atoms with E-state index in [1.54, 1.807) is 6.07 Å². The molecule has 4 heterocycles. The maximum Gasteiger partial charge on any atom is 0.273 e. The lowest BCUT2D eigenvalue weighted by atomic mass is 10.1. The van der Waals surface area contributed by atoms with Crippen molar-refractivity contribution in [3.05, 3.63) is 47.6 Å². The molecular weight excluding hydrogens is 292 g/mol. The van der Waals surface area contributed by atoms with Gasteiger partial charge in [0.2, 0.25) is 0 Å². The van der Waals surface area contributed by atoms with E-state index < -0.39 is 0 Å². The van der Waals surface area contributed by atoms with Crippen LogP contribution in [-0.4, -0.2) is 32.1 Å². The predicted octanol–water partition coefficient (Wildman–Crippen LogP) is 2.85. The van der Waals surface area contributed by atoms with E-state index in [-0.39, 0.29) is 11.9 Å². The molecule has 3 aromatic heterocycles. The highest BCUT2D eigenvalue weighted by molar-refractivity contribution is 5.95. The van der Waals surface area contributed by atoms with Crippen molar-refractivity contribution in [3.8, 4) is 0 Å². The van der Waals surface area contributed by atoms with Gasteiger partial charge in [0.15, 0.2) is 0 Å². The number of aromatic nitrogens is 3. The zero-order chi connectivity index (χ0) is 16.0. The Morgan fingerprint density at radius 1 is 1.35 bits per heavy atom. The van der Waals surface area contributed by atoms with E-state index in [0.29, 0.717) is 5.69 Å². The number of carbonyl (C=O) groups is 1. The number of amides is 1. The summed E-state index contributed by atoms with van der Waals surface area (Å²) in [6.45, 7) is 2.59. The molecule has 0 aliphatic carbocycles. The van der Waals surface area contributed by atoms with Crippen molar-refractivity contribution < 1.29 is 9.32 Å². The number of hydrogen-bond donors (Lipinski definition) is 0. The minimum atomic E-state index is -0.0451. The highest BCUT2D eigenvalue weighted by atomic mass is 16.5. The lowest BCUT2D eigenvalue weighted by molar-refractivity contribution is 0.0725. The van der Waals surface area contributed by atoms with Crippen LogP contribution in [0.15, 0.2) is 35.0 Å². The van der Waals surface area contributed by atoms with Crippen LogP contribution in [0.3, 0.4) is 0 Å². The molecule has 6 nitrogen and oxygen atoms in total. The van der Waals surface area contributed by atoms with Gasteiger partial charge in [-0.25, -0.2) is 4.98 Å². The average molecular weight is 310 g/mol. The van der Waals surface area contributed by atoms with Crippen LogP contribution in [0.1, 0.15) is 40.8 Å². The van der Waals surface area contributed by atoms with Gasteiger partial charge < -0.3 is 14.0 Å². The zero-order valence-corrected chi connectivity index (χ0v) is 13.2. The summed E-state index contributed by atoms with van der Waals surface area (Å²) in [4.78, 5) is 19.3. The molecule has 0 spiro atoms. The van der Waals surface area contributed by atoms with Gasteiger partial charge in [0.25, 0.3) is 5.91 Å². The standard InChI is InChI=1S/C17H18N4O2/c1-11-10-14(19-23-11)15-4-3-8-21(15)17(22)13-6-5-12-7-9-20(2)16(12)18-13/h5-7,9-10,15H,3-4,8H2,1-2H3. The molecule has 0 saturated carbocycles. The van der Waals surface area contributed by atoms with Crippen LogP contribution >= 0.6 is 0 Å². The number of pyridine rings is 1. The SMILES string of the molecule is Cc1cc(C2CCCN2C(=O)c2ccc3ccn(C)c3n2)no1. The molecule has 0 bridgehead atoms. The highest BCUT2D eigenvalue weighted by Gasteiger charge is 2.33. The van der Waals surface area contributed by atoms with Gasteiger partial charge >= 0.3 is 0 Å². The topological polar surface area (TPSA) is 64.2 Å². The maximum absolute atomic E-state index is 12.9. The summed E-state index contributed by atoms with van der Waals surface area (Å²) in [5, 5.41) is 5.12. The summed E-state index contributed by atoms with van der Waals surface area (Å²) in [7, 11) is 1.93. The first-order valence-corrected chi connectivity index (χ1v) is 7.80. The molecule has 23 heavy (non-hydrogen) atoms. The van der Waals surface area contributed by atoms with Gasteiger partial charge in [-0.2, -0.15) is 0 Å². The molecule has 1 fully saturated rings. The molecule has 1 atom stereocenters. The van der Waals surface area contributed by atoms with E-state index in [1.165, 1.54) is 0 Å². The normalized spacial score (nSPS) is 18.0. The van der Waals surface area contributed by atoms with E-state index in [0.717, 1.165) is 41.9 Å². The van der Waals surface area contributed by atoms with Crippen LogP contribution in [0.4, 0.5) is 0 Å². The molecule has 118 valence electrons. The first kappa shape index (κ1) is 14.0. The van der Waals surface area contributed by atoms with Crippen LogP contribution in [0, 0.1) is 6.92 Å². The molecule has 1 aliphatic heterocycles. The number of rotatable bonds is 2. The first-order valence-electron chi connectivity index (χ1n) is 7.80. The van der Waals surface area contributed by atoms with Crippen LogP contribution in [0.25, 0.3) is 11.0 Å². The van der Waals surface area contributed by atoms with Crippen LogP contribution < -0.4 is 0 Å². The van der Waals surface area contributed by atoms with Crippen LogP contribution in [0.5, 0.6) is 0 Å². The molecule has 0 aromatic carbocycles. The fraction of sp³-hybridized carbons (Fsp3) is 0.353. The number of likely N-dealkylation sites (tertiary alicyclic amines) is 1. The molecular formula is C17H18N4O2. The van der Waals surface area contributed by atoms with Crippen molar-refractivity contribution in [2.75, 3.05) is 6.54 Å². The minimum absolute atomic E-state index is 0.0224. The predicted molar refractivity (Wildman–Crippen MR) is 85.0 cm³/mol. The second-order valence-corrected chi connectivity index (χ2v) is 6.05. The zero-order valence-electron chi connectivity index (χ0n) is 13.2. The van der Waals surface area contributed by atoms with Crippen molar-refractivity contribution in [3.63, 3.8) is 0 Å². The second kappa shape index (κ2) is 5.22. The number of nitrogens with zero attached hydrogens (tertiary/aromatic N) is 4.